The number of carbonyl (C=O) groups is 2. The lowest BCUT2D eigenvalue weighted by Gasteiger charge is -2.13. The van der Waals surface area contributed by atoms with Gasteiger partial charge in [0.25, 0.3) is 11.8 Å². The highest BCUT2D eigenvalue weighted by Gasteiger charge is 2.24. The Labute approximate surface area is 130 Å². The van der Waals surface area contributed by atoms with Gasteiger partial charge in [-0.1, -0.05) is 12.1 Å². The van der Waals surface area contributed by atoms with Crippen molar-refractivity contribution >= 4 is 17.5 Å². The van der Waals surface area contributed by atoms with Gasteiger partial charge in [0.05, 0.1) is 19.5 Å². The van der Waals surface area contributed by atoms with Crippen LogP contribution >= 0.6 is 0 Å². The maximum atomic E-state index is 11.9. The van der Waals surface area contributed by atoms with Crippen molar-refractivity contribution in [2.75, 3.05) is 25.5 Å². The predicted molar refractivity (Wildman–Crippen MR) is 82.2 cm³/mol. The van der Waals surface area contributed by atoms with Gasteiger partial charge >= 0.3 is 0 Å². The van der Waals surface area contributed by atoms with E-state index < -0.39 is 0 Å². The van der Waals surface area contributed by atoms with E-state index in [0.717, 1.165) is 23.3 Å². The summed E-state index contributed by atoms with van der Waals surface area (Å²) < 4.78 is 0. The third-order valence-electron chi connectivity index (χ3n) is 3.39. The molecular weight excluding hydrogens is 280 g/mol. The van der Waals surface area contributed by atoms with Crippen LogP contribution in [-0.4, -0.2) is 38.0 Å². The van der Waals surface area contributed by atoms with Gasteiger partial charge in [0, 0.05) is 11.7 Å². The first-order valence-electron chi connectivity index (χ1n) is 7.43. The van der Waals surface area contributed by atoms with Crippen LogP contribution in [0.2, 0.25) is 0 Å². The van der Waals surface area contributed by atoms with Crippen molar-refractivity contribution in [3.05, 3.63) is 29.8 Å². The molecular formula is C16H21N4O2+. The number of hydrogen-bond acceptors (Lipinski definition) is 3. The highest BCUT2D eigenvalue weighted by atomic mass is 16.2. The van der Waals surface area contributed by atoms with E-state index in [1.54, 1.807) is 12.1 Å². The monoisotopic (exact) mass is 301 g/mol. The van der Waals surface area contributed by atoms with E-state index >= 15 is 0 Å². The summed E-state index contributed by atoms with van der Waals surface area (Å²) in [4.78, 5) is 24.4. The van der Waals surface area contributed by atoms with Crippen LogP contribution in [0.15, 0.2) is 24.3 Å². The lowest BCUT2D eigenvalue weighted by molar-refractivity contribution is -0.862. The number of nitrogens with zero attached hydrogens (tertiary/aromatic N) is 1. The number of quaternary nitrogens is 1. The first-order chi connectivity index (χ1) is 10.6. The minimum absolute atomic E-state index is 0.00587. The smallest absolute Gasteiger partial charge is 0.279 e. The molecule has 0 radical (unpaired) electrons. The molecule has 3 N–H and O–H groups in total. The van der Waals surface area contributed by atoms with Crippen molar-refractivity contribution in [2.24, 2.45) is 0 Å². The Morgan fingerprint density at radius 3 is 2.45 bits per heavy atom. The Kier molecular flexibility index (Phi) is 5.50. The number of hydrogen-bond donors (Lipinski definition) is 3. The molecule has 1 aromatic carbocycles. The molecule has 0 aromatic heterocycles. The Morgan fingerprint density at radius 1 is 1.23 bits per heavy atom. The van der Waals surface area contributed by atoms with Gasteiger partial charge < -0.3 is 15.5 Å². The number of carbonyl (C=O) groups excluding carboxylic acids is 2. The van der Waals surface area contributed by atoms with E-state index in [2.05, 4.69) is 16.7 Å². The zero-order valence-corrected chi connectivity index (χ0v) is 12.7. The van der Waals surface area contributed by atoms with Gasteiger partial charge in [-0.05, 0) is 30.5 Å². The molecule has 0 aliphatic heterocycles. The summed E-state index contributed by atoms with van der Waals surface area (Å²) in [7, 11) is 1.82. The van der Waals surface area contributed by atoms with Crippen LogP contribution in [0.5, 0.6) is 0 Å². The van der Waals surface area contributed by atoms with E-state index in [-0.39, 0.29) is 18.4 Å². The van der Waals surface area contributed by atoms with Crippen LogP contribution in [0.25, 0.3) is 0 Å². The molecule has 0 bridgehead atoms. The summed E-state index contributed by atoms with van der Waals surface area (Å²) in [5, 5.41) is 14.3. The second-order valence-corrected chi connectivity index (χ2v) is 5.73. The standard InChI is InChI=1S/C16H20N4O2/c1-20(11-16(22)19-14-6-7-14)10-15(21)18-13-4-2-12(3-5-13)8-9-17/h2-5,14H,6-8,10-11H2,1H3,(H,18,21)(H,19,22)/p+1. The third kappa shape index (κ3) is 5.54. The molecule has 1 atom stereocenters. The number of amides is 2. The van der Waals surface area contributed by atoms with E-state index in [1.165, 1.54) is 0 Å². The highest BCUT2D eigenvalue weighted by molar-refractivity contribution is 5.91. The van der Waals surface area contributed by atoms with Crippen LogP contribution in [0.1, 0.15) is 18.4 Å². The fraction of sp³-hybridized carbons (Fsp3) is 0.438. The molecule has 2 rings (SSSR count). The summed E-state index contributed by atoms with van der Waals surface area (Å²) in [6.07, 6.45) is 2.48. The second-order valence-electron chi connectivity index (χ2n) is 5.73. The fourth-order valence-corrected chi connectivity index (χ4v) is 2.12. The van der Waals surface area contributed by atoms with Crippen LogP contribution in [-0.2, 0) is 16.0 Å². The molecule has 1 aromatic rings. The molecule has 1 unspecified atom stereocenters. The molecule has 2 amide bonds. The summed E-state index contributed by atoms with van der Waals surface area (Å²) in [5.74, 6) is -0.140. The average Bonchev–Trinajstić information content (AvgIpc) is 3.24. The van der Waals surface area contributed by atoms with E-state index in [4.69, 9.17) is 5.26 Å². The molecule has 1 saturated carbocycles. The van der Waals surface area contributed by atoms with Crippen molar-refractivity contribution in [3.8, 4) is 6.07 Å². The summed E-state index contributed by atoms with van der Waals surface area (Å²) >= 11 is 0. The molecule has 6 heteroatoms. The van der Waals surface area contributed by atoms with E-state index in [9.17, 15) is 9.59 Å². The minimum Gasteiger partial charge on any atom is -0.348 e. The summed E-state index contributed by atoms with van der Waals surface area (Å²) in [6.45, 7) is 0.531. The molecule has 116 valence electrons. The van der Waals surface area contributed by atoms with Gasteiger partial charge in [-0.15, -0.1) is 0 Å². The first-order valence-corrected chi connectivity index (χ1v) is 7.43. The first kappa shape index (κ1) is 16.0. The molecule has 1 aliphatic rings. The number of nitriles is 1. The van der Waals surface area contributed by atoms with Crippen LogP contribution in [0, 0.1) is 11.3 Å². The Balaban J connectivity index is 1.74. The number of rotatable bonds is 7. The minimum atomic E-state index is -0.134. The number of benzene rings is 1. The maximum absolute atomic E-state index is 11.9. The normalized spacial score (nSPS) is 14.7. The van der Waals surface area contributed by atoms with Crippen LogP contribution in [0.4, 0.5) is 5.69 Å². The highest BCUT2D eigenvalue weighted by Crippen LogP contribution is 2.17. The Morgan fingerprint density at radius 2 is 1.86 bits per heavy atom. The van der Waals surface area contributed by atoms with Crippen LogP contribution < -0.4 is 15.5 Å². The Hall–Kier alpha value is -2.39. The van der Waals surface area contributed by atoms with Gasteiger partial charge in [0.15, 0.2) is 13.1 Å². The number of anilines is 1. The van der Waals surface area contributed by atoms with Crippen molar-refractivity contribution in [1.82, 2.24) is 5.32 Å². The van der Waals surface area contributed by atoms with Crippen molar-refractivity contribution in [2.45, 2.75) is 25.3 Å². The molecule has 1 fully saturated rings. The molecule has 1 aliphatic carbocycles. The maximum Gasteiger partial charge on any atom is 0.279 e. The van der Waals surface area contributed by atoms with Gasteiger partial charge in [0.2, 0.25) is 0 Å². The van der Waals surface area contributed by atoms with Crippen molar-refractivity contribution < 1.29 is 14.5 Å². The zero-order valence-electron chi connectivity index (χ0n) is 12.7. The van der Waals surface area contributed by atoms with Gasteiger partial charge in [-0.2, -0.15) is 5.26 Å². The average molecular weight is 301 g/mol. The summed E-state index contributed by atoms with van der Waals surface area (Å²) in [5.41, 5.74) is 1.61. The predicted octanol–water partition coefficient (Wildman–Crippen LogP) is -0.516. The molecule has 0 heterocycles. The quantitative estimate of drug-likeness (QED) is 0.634. The largest absolute Gasteiger partial charge is 0.348 e. The summed E-state index contributed by atoms with van der Waals surface area (Å²) in [6, 6.07) is 9.62. The lowest BCUT2D eigenvalue weighted by atomic mass is 10.1. The van der Waals surface area contributed by atoms with Gasteiger partial charge in [-0.3, -0.25) is 9.59 Å². The van der Waals surface area contributed by atoms with Crippen molar-refractivity contribution in [3.63, 3.8) is 0 Å². The zero-order chi connectivity index (χ0) is 15.9. The topological polar surface area (TPSA) is 86.4 Å². The van der Waals surface area contributed by atoms with Gasteiger partial charge in [0.1, 0.15) is 0 Å². The number of likely N-dealkylation sites (N-methyl/N-ethyl adjacent to an activating group) is 1. The second kappa shape index (κ2) is 7.57. The molecule has 0 spiro atoms. The molecule has 22 heavy (non-hydrogen) atoms. The van der Waals surface area contributed by atoms with Crippen molar-refractivity contribution in [1.29, 1.82) is 5.26 Å². The Bertz CT molecular complexity index is 573. The fourth-order valence-electron chi connectivity index (χ4n) is 2.12. The molecule has 0 saturated heterocycles. The molecule has 6 nitrogen and oxygen atoms in total. The third-order valence-corrected chi connectivity index (χ3v) is 3.39. The number of nitrogens with one attached hydrogen (secondary N) is 3. The SMILES string of the molecule is C[NH+](CC(=O)Nc1ccc(CC#N)cc1)CC(=O)NC1CC1. The van der Waals surface area contributed by atoms with Gasteiger partial charge in [-0.25, -0.2) is 0 Å². The van der Waals surface area contributed by atoms with Crippen LogP contribution in [0.3, 0.4) is 0 Å². The van der Waals surface area contributed by atoms with E-state index in [0.29, 0.717) is 24.7 Å². The lowest BCUT2D eigenvalue weighted by Crippen LogP contribution is -3.11. The van der Waals surface area contributed by atoms with E-state index in [1.807, 2.05) is 19.2 Å².